The molecule has 0 saturated heterocycles. The summed E-state index contributed by atoms with van der Waals surface area (Å²) in [5, 5.41) is 15.5. The van der Waals surface area contributed by atoms with Gasteiger partial charge < -0.3 is 15.7 Å². The van der Waals surface area contributed by atoms with Gasteiger partial charge in [0, 0.05) is 17.8 Å². The molecule has 1 saturated carbocycles. The zero-order valence-electron chi connectivity index (χ0n) is 10.3. The first kappa shape index (κ1) is 11.5. The normalized spacial score (nSPS) is 19.6. The molecule has 3 rings (SSSR count). The van der Waals surface area contributed by atoms with Crippen LogP contribution in [0.25, 0.3) is 0 Å². The van der Waals surface area contributed by atoms with Crippen LogP contribution in [-0.2, 0) is 6.42 Å². The lowest BCUT2D eigenvalue weighted by Gasteiger charge is -2.19. The summed E-state index contributed by atoms with van der Waals surface area (Å²) in [5.74, 6) is -0.0741. The van der Waals surface area contributed by atoms with Crippen molar-refractivity contribution in [1.29, 1.82) is 0 Å². The van der Waals surface area contributed by atoms with Crippen LogP contribution in [0.2, 0.25) is 0 Å². The van der Waals surface area contributed by atoms with Gasteiger partial charge in [0.05, 0.1) is 12.1 Å². The molecule has 1 fully saturated rings. The summed E-state index contributed by atoms with van der Waals surface area (Å²) in [6, 6.07) is 5.78. The van der Waals surface area contributed by atoms with E-state index >= 15 is 0 Å². The van der Waals surface area contributed by atoms with Gasteiger partial charge in [-0.15, -0.1) is 0 Å². The van der Waals surface area contributed by atoms with E-state index in [-0.39, 0.29) is 18.1 Å². The van der Waals surface area contributed by atoms with Gasteiger partial charge in [-0.25, -0.2) is 0 Å². The monoisotopic (exact) mass is 246 g/mol. The number of hydrogen-bond donors (Lipinski definition) is 3. The van der Waals surface area contributed by atoms with Gasteiger partial charge in [0.2, 0.25) is 0 Å². The highest BCUT2D eigenvalue weighted by Crippen LogP contribution is 2.35. The van der Waals surface area contributed by atoms with Crippen LogP contribution < -0.4 is 10.6 Å². The molecule has 0 radical (unpaired) electrons. The number of nitrogens with one attached hydrogen (secondary N) is 2. The first-order valence-corrected chi connectivity index (χ1v) is 6.53. The van der Waals surface area contributed by atoms with Crippen molar-refractivity contribution in [3.05, 3.63) is 29.3 Å². The minimum atomic E-state index is -0.342. The van der Waals surface area contributed by atoms with Crippen molar-refractivity contribution in [2.75, 3.05) is 18.5 Å². The zero-order valence-corrected chi connectivity index (χ0v) is 10.3. The molecule has 1 aliphatic carbocycles. The fourth-order valence-electron chi connectivity index (χ4n) is 2.40. The highest BCUT2D eigenvalue weighted by molar-refractivity contribution is 5.95. The van der Waals surface area contributed by atoms with E-state index in [2.05, 4.69) is 10.6 Å². The second-order valence-electron chi connectivity index (χ2n) is 5.29. The number of hydrogen-bond acceptors (Lipinski definition) is 3. The summed E-state index contributed by atoms with van der Waals surface area (Å²) in [4.78, 5) is 12.1. The van der Waals surface area contributed by atoms with Crippen LogP contribution in [0.5, 0.6) is 0 Å². The van der Waals surface area contributed by atoms with Gasteiger partial charge in [-0.2, -0.15) is 0 Å². The van der Waals surface area contributed by atoms with Crippen molar-refractivity contribution in [3.8, 4) is 0 Å². The number of amides is 1. The molecule has 4 heteroatoms. The third kappa shape index (κ3) is 2.08. The molecule has 96 valence electrons. The molecule has 1 aromatic rings. The lowest BCUT2D eigenvalue weighted by molar-refractivity contribution is 0.0906. The van der Waals surface area contributed by atoms with E-state index in [4.69, 9.17) is 0 Å². The van der Waals surface area contributed by atoms with Crippen LogP contribution in [0.4, 0.5) is 5.69 Å². The molecule has 18 heavy (non-hydrogen) atoms. The molecule has 0 unspecified atom stereocenters. The highest BCUT2D eigenvalue weighted by atomic mass is 16.3. The Morgan fingerprint density at radius 3 is 3.00 bits per heavy atom. The average molecular weight is 246 g/mol. The highest BCUT2D eigenvalue weighted by Gasteiger charge is 2.43. The SMILES string of the molecule is O=C(NC1(CO)CC1)c1ccc2c(c1)CCCN2. The lowest BCUT2D eigenvalue weighted by atomic mass is 10.0. The summed E-state index contributed by atoms with van der Waals surface area (Å²) in [6.45, 7) is 1.04. The Hall–Kier alpha value is -1.55. The second kappa shape index (κ2) is 4.28. The number of aryl methyl sites for hydroxylation is 1. The summed E-state index contributed by atoms with van der Waals surface area (Å²) < 4.78 is 0. The Morgan fingerprint density at radius 2 is 2.28 bits per heavy atom. The molecule has 4 nitrogen and oxygen atoms in total. The van der Waals surface area contributed by atoms with E-state index in [9.17, 15) is 9.90 Å². The van der Waals surface area contributed by atoms with Crippen molar-refractivity contribution in [3.63, 3.8) is 0 Å². The van der Waals surface area contributed by atoms with Gasteiger partial charge in [-0.05, 0) is 49.4 Å². The van der Waals surface area contributed by atoms with Gasteiger partial charge in [0.15, 0.2) is 0 Å². The van der Waals surface area contributed by atoms with Gasteiger partial charge in [-0.3, -0.25) is 4.79 Å². The van der Waals surface area contributed by atoms with Crippen LogP contribution in [0, 0.1) is 0 Å². The Balaban J connectivity index is 1.77. The predicted octanol–water partition coefficient (Wildman–Crippen LogP) is 1.30. The molecule has 0 spiro atoms. The zero-order chi connectivity index (χ0) is 12.6. The maximum atomic E-state index is 12.1. The Kier molecular flexibility index (Phi) is 2.74. The Morgan fingerprint density at radius 1 is 1.44 bits per heavy atom. The number of aliphatic hydroxyl groups excluding tert-OH is 1. The van der Waals surface area contributed by atoms with Gasteiger partial charge in [-0.1, -0.05) is 0 Å². The molecule has 2 aliphatic rings. The number of fused-ring (bicyclic) bond motifs is 1. The average Bonchev–Trinajstić information content (AvgIpc) is 3.18. The molecule has 1 aromatic carbocycles. The molecule has 1 aliphatic heterocycles. The van der Waals surface area contributed by atoms with E-state index in [0.29, 0.717) is 5.56 Å². The van der Waals surface area contributed by atoms with Crippen LogP contribution in [0.15, 0.2) is 18.2 Å². The number of rotatable bonds is 3. The maximum absolute atomic E-state index is 12.1. The van der Waals surface area contributed by atoms with Crippen molar-refractivity contribution < 1.29 is 9.90 Å². The number of carbonyl (C=O) groups excluding carboxylic acids is 1. The topological polar surface area (TPSA) is 61.4 Å². The standard InChI is InChI=1S/C14H18N2O2/c17-9-14(5-6-14)16-13(18)11-3-4-12-10(8-11)2-1-7-15-12/h3-4,8,15,17H,1-2,5-7,9H2,(H,16,18). The molecule has 0 atom stereocenters. The minimum absolute atomic E-state index is 0.0330. The Labute approximate surface area is 106 Å². The van der Waals surface area contributed by atoms with Crippen LogP contribution in [0.1, 0.15) is 35.2 Å². The summed E-state index contributed by atoms with van der Waals surface area (Å²) in [5.41, 5.74) is 2.70. The molecular weight excluding hydrogens is 228 g/mol. The van der Waals surface area contributed by atoms with Gasteiger partial charge in [0.1, 0.15) is 0 Å². The third-order valence-electron chi connectivity index (χ3n) is 3.84. The largest absolute Gasteiger partial charge is 0.394 e. The minimum Gasteiger partial charge on any atom is -0.394 e. The number of benzene rings is 1. The molecule has 1 amide bonds. The van der Waals surface area contributed by atoms with Crippen LogP contribution in [0.3, 0.4) is 0 Å². The fraction of sp³-hybridized carbons (Fsp3) is 0.500. The lowest BCUT2D eigenvalue weighted by Crippen LogP contribution is -2.39. The number of aliphatic hydroxyl groups is 1. The van der Waals surface area contributed by atoms with E-state index in [1.54, 1.807) is 0 Å². The molecule has 0 aromatic heterocycles. The fourth-order valence-corrected chi connectivity index (χ4v) is 2.40. The first-order valence-electron chi connectivity index (χ1n) is 6.53. The quantitative estimate of drug-likeness (QED) is 0.753. The van der Waals surface area contributed by atoms with E-state index in [0.717, 1.165) is 37.9 Å². The van der Waals surface area contributed by atoms with E-state index in [1.165, 1.54) is 5.56 Å². The third-order valence-corrected chi connectivity index (χ3v) is 3.84. The molecule has 1 heterocycles. The molecule has 0 bridgehead atoms. The predicted molar refractivity (Wildman–Crippen MR) is 69.8 cm³/mol. The summed E-state index contributed by atoms with van der Waals surface area (Å²) in [7, 11) is 0. The van der Waals surface area contributed by atoms with Gasteiger partial charge in [0.25, 0.3) is 5.91 Å². The maximum Gasteiger partial charge on any atom is 0.251 e. The van der Waals surface area contributed by atoms with E-state index < -0.39 is 0 Å². The molecule has 3 N–H and O–H groups in total. The summed E-state index contributed by atoms with van der Waals surface area (Å²) in [6.07, 6.45) is 3.89. The van der Waals surface area contributed by atoms with E-state index in [1.807, 2.05) is 18.2 Å². The van der Waals surface area contributed by atoms with Gasteiger partial charge >= 0.3 is 0 Å². The van der Waals surface area contributed by atoms with Crippen LogP contribution in [-0.4, -0.2) is 29.7 Å². The Bertz CT molecular complexity index is 481. The number of anilines is 1. The van der Waals surface area contributed by atoms with Crippen molar-refractivity contribution in [2.45, 2.75) is 31.2 Å². The van der Waals surface area contributed by atoms with Crippen LogP contribution >= 0.6 is 0 Å². The van der Waals surface area contributed by atoms with Crippen molar-refractivity contribution in [1.82, 2.24) is 5.32 Å². The first-order chi connectivity index (χ1) is 8.72. The van der Waals surface area contributed by atoms with Crippen molar-refractivity contribution >= 4 is 11.6 Å². The smallest absolute Gasteiger partial charge is 0.251 e. The molecular formula is C14H18N2O2. The van der Waals surface area contributed by atoms with Crippen molar-refractivity contribution in [2.24, 2.45) is 0 Å². The summed E-state index contributed by atoms with van der Waals surface area (Å²) >= 11 is 0. The second-order valence-corrected chi connectivity index (χ2v) is 5.29. The number of carbonyl (C=O) groups is 1.